The summed E-state index contributed by atoms with van der Waals surface area (Å²) in [7, 11) is 0. The Labute approximate surface area is 125 Å². The molecule has 1 N–H and O–H groups in total. The Morgan fingerprint density at radius 3 is 2.57 bits per heavy atom. The van der Waals surface area contributed by atoms with Crippen LogP contribution in [0.15, 0.2) is 24.3 Å². The maximum absolute atomic E-state index is 12.1. The molecule has 4 heteroatoms. The number of aliphatic hydroxyl groups is 1. The van der Waals surface area contributed by atoms with Gasteiger partial charge in [-0.15, -0.1) is 0 Å². The van der Waals surface area contributed by atoms with Gasteiger partial charge in [-0.2, -0.15) is 0 Å². The summed E-state index contributed by atoms with van der Waals surface area (Å²) in [6.07, 6.45) is 3.53. The lowest BCUT2D eigenvalue weighted by atomic mass is 9.94. The minimum Gasteiger partial charge on any atom is -0.466 e. The van der Waals surface area contributed by atoms with Gasteiger partial charge in [0.25, 0.3) is 0 Å². The van der Waals surface area contributed by atoms with Crippen molar-refractivity contribution in [2.24, 2.45) is 0 Å². The first kappa shape index (κ1) is 15.7. The van der Waals surface area contributed by atoms with Crippen LogP contribution in [0.4, 0.5) is 0 Å². The zero-order valence-corrected chi connectivity index (χ0v) is 12.2. The van der Waals surface area contributed by atoms with Crippen molar-refractivity contribution < 1.29 is 19.4 Å². The van der Waals surface area contributed by atoms with E-state index < -0.39 is 6.10 Å². The van der Waals surface area contributed by atoms with Gasteiger partial charge in [0.1, 0.15) is 6.10 Å². The van der Waals surface area contributed by atoms with E-state index in [1.54, 1.807) is 12.1 Å². The van der Waals surface area contributed by atoms with Gasteiger partial charge >= 0.3 is 5.97 Å². The van der Waals surface area contributed by atoms with Crippen LogP contribution in [0.5, 0.6) is 0 Å². The molecule has 2 rings (SSSR count). The number of hydrogen-bond donors (Lipinski definition) is 1. The van der Waals surface area contributed by atoms with Crippen LogP contribution >= 0.6 is 0 Å². The second-order valence-corrected chi connectivity index (χ2v) is 5.45. The fourth-order valence-corrected chi connectivity index (χ4v) is 2.59. The molecule has 0 saturated heterocycles. The number of Topliss-reactive ketones (excluding diaryl/α,β-unsaturated/α-hetero) is 1. The average molecular weight is 290 g/mol. The highest BCUT2D eigenvalue weighted by atomic mass is 16.5. The molecule has 0 fully saturated rings. The molecule has 0 amide bonds. The van der Waals surface area contributed by atoms with Gasteiger partial charge in [-0.1, -0.05) is 37.1 Å². The Morgan fingerprint density at radius 2 is 1.71 bits per heavy atom. The zero-order chi connectivity index (χ0) is 15.1. The smallest absolute Gasteiger partial charge is 0.306 e. The van der Waals surface area contributed by atoms with Crippen molar-refractivity contribution >= 4 is 11.8 Å². The number of aryl methyl sites for hydroxylation is 1. The fraction of sp³-hybridized carbons (Fsp3) is 0.529. The highest BCUT2D eigenvalue weighted by Crippen LogP contribution is 2.22. The number of benzene rings is 1. The first-order chi connectivity index (χ1) is 10.2. The summed E-state index contributed by atoms with van der Waals surface area (Å²) < 4.78 is 5.18. The summed E-state index contributed by atoms with van der Waals surface area (Å²) in [4.78, 5) is 23.7. The topological polar surface area (TPSA) is 63.6 Å². The zero-order valence-electron chi connectivity index (χ0n) is 12.2. The molecule has 1 aliphatic heterocycles. The Balaban J connectivity index is 2.16. The van der Waals surface area contributed by atoms with Crippen molar-refractivity contribution in [1.29, 1.82) is 0 Å². The van der Waals surface area contributed by atoms with E-state index in [2.05, 4.69) is 0 Å². The van der Waals surface area contributed by atoms with E-state index in [1.165, 1.54) is 0 Å². The molecular weight excluding hydrogens is 268 g/mol. The number of esters is 1. The number of cyclic esters (lactones) is 1. The van der Waals surface area contributed by atoms with Crippen LogP contribution in [-0.4, -0.2) is 23.5 Å². The number of ketones is 1. The van der Waals surface area contributed by atoms with Gasteiger partial charge in [-0.05, 0) is 30.4 Å². The quantitative estimate of drug-likeness (QED) is 0.746. The standard InChI is InChI=1S/C17H22O4/c18-15-9-3-1-2-6-12-21-16(19)11-10-13-7-4-5-8-14(13)17(15)20/h4-5,7-8,17,20H,1-3,6,9-12H2. The number of rotatable bonds is 0. The van der Waals surface area contributed by atoms with E-state index in [0.29, 0.717) is 25.0 Å². The van der Waals surface area contributed by atoms with Gasteiger partial charge < -0.3 is 9.84 Å². The summed E-state index contributed by atoms with van der Waals surface area (Å²) >= 11 is 0. The van der Waals surface area contributed by atoms with Crippen molar-refractivity contribution in [3.8, 4) is 0 Å². The predicted octanol–water partition coefficient (Wildman–Crippen LogP) is 2.73. The molecule has 21 heavy (non-hydrogen) atoms. The lowest BCUT2D eigenvalue weighted by Gasteiger charge is -2.15. The molecule has 114 valence electrons. The number of hydrogen-bond acceptors (Lipinski definition) is 4. The number of carbonyl (C=O) groups excluding carboxylic acids is 2. The molecule has 1 aromatic rings. The van der Waals surface area contributed by atoms with Crippen molar-refractivity contribution in [2.45, 2.75) is 51.0 Å². The predicted molar refractivity (Wildman–Crippen MR) is 78.8 cm³/mol. The van der Waals surface area contributed by atoms with Gasteiger partial charge in [-0.3, -0.25) is 9.59 Å². The largest absolute Gasteiger partial charge is 0.466 e. The molecule has 4 nitrogen and oxygen atoms in total. The van der Waals surface area contributed by atoms with Crippen LogP contribution in [0.1, 0.15) is 55.8 Å². The number of carbonyl (C=O) groups is 2. The van der Waals surface area contributed by atoms with Crippen LogP contribution in [0.2, 0.25) is 0 Å². The molecule has 1 heterocycles. The maximum atomic E-state index is 12.1. The number of fused-ring (bicyclic) bond motifs is 1. The summed E-state index contributed by atoms with van der Waals surface area (Å²) in [6, 6.07) is 7.27. The van der Waals surface area contributed by atoms with Gasteiger partial charge in [-0.25, -0.2) is 0 Å². The monoisotopic (exact) mass is 290 g/mol. The van der Waals surface area contributed by atoms with Crippen LogP contribution in [0.3, 0.4) is 0 Å². The highest BCUT2D eigenvalue weighted by molar-refractivity contribution is 5.84. The van der Waals surface area contributed by atoms with E-state index in [-0.39, 0.29) is 18.2 Å². The van der Waals surface area contributed by atoms with E-state index >= 15 is 0 Å². The molecule has 1 unspecified atom stereocenters. The van der Waals surface area contributed by atoms with Crippen LogP contribution < -0.4 is 0 Å². The number of ether oxygens (including phenoxy) is 1. The molecule has 0 saturated carbocycles. The molecule has 0 spiro atoms. The van der Waals surface area contributed by atoms with E-state index in [4.69, 9.17) is 4.74 Å². The Kier molecular flexibility index (Phi) is 5.93. The average Bonchev–Trinajstić information content (AvgIpc) is 2.50. The van der Waals surface area contributed by atoms with E-state index in [0.717, 1.165) is 31.2 Å². The second kappa shape index (κ2) is 7.93. The Bertz CT molecular complexity index is 495. The van der Waals surface area contributed by atoms with Crippen LogP contribution in [0, 0.1) is 0 Å². The number of aliphatic hydroxyl groups excluding tert-OH is 1. The molecule has 1 aromatic carbocycles. The van der Waals surface area contributed by atoms with E-state index in [9.17, 15) is 14.7 Å². The molecule has 1 aliphatic rings. The second-order valence-electron chi connectivity index (χ2n) is 5.45. The molecule has 0 aromatic heterocycles. The van der Waals surface area contributed by atoms with Gasteiger partial charge in [0.2, 0.25) is 0 Å². The normalized spacial score (nSPS) is 22.0. The summed E-state index contributed by atoms with van der Waals surface area (Å²) in [6.45, 7) is 0.455. The Hall–Kier alpha value is -1.68. The molecule has 0 bridgehead atoms. The minimum atomic E-state index is -1.08. The van der Waals surface area contributed by atoms with Crippen LogP contribution in [0.25, 0.3) is 0 Å². The summed E-state index contributed by atoms with van der Waals surface area (Å²) in [5.74, 6) is -0.357. The maximum Gasteiger partial charge on any atom is 0.306 e. The molecular formula is C17H22O4. The van der Waals surface area contributed by atoms with Crippen LogP contribution in [-0.2, 0) is 20.7 Å². The third-order valence-corrected chi connectivity index (χ3v) is 3.83. The summed E-state index contributed by atoms with van der Waals surface area (Å²) in [5, 5.41) is 10.2. The van der Waals surface area contributed by atoms with Crippen molar-refractivity contribution in [2.75, 3.05) is 6.61 Å². The molecule has 0 radical (unpaired) electrons. The third-order valence-electron chi connectivity index (χ3n) is 3.83. The lowest BCUT2D eigenvalue weighted by Crippen LogP contribution is -2.15. The van der Waals surface area contributed by atoms with Gasteiger partial charge in [0, 0.05) is 12.8 Å². The molecule has 0 aliphatic carbocycles. The van der Waals surface area contributed by atoms with Gasteiger partial charge in [0.15, 0.2) is 5.78 Å². The molecule has 1 atom stereocenters. The Morgan fingerprint density at radius 1 is 0.952 bits per heavy atom. The lowest BCUT2D eigenvalue weighted by molar-refractivity contribution is -0.143. The van der Waals surface area contributed by atoms with Crippen molar-refractivity contribution in [3.63, 3.8) is 0 Å². The van der Waals surface area contributed by atoms with Gasteiger partial charge in [0.05, 0.1) is 6.61 Å². The summed E-state index contributed by atoms with van der Waals surface area (Å²) in [5.41, 5.74) is 1.46. The first-order valence-electron chi connectivity index (χ1n) is 7.62. The SMILES string of the molecule is O=C1CCc2ccccc2C(O)C(=O)CCCCCCO1. The minimum absolute atomic E-state index is 0.137. The fourth-order valence-electron chi connectivity index (χ4n) is 2.59. The highest BCUT2D eigenvalue weighted by Gasteiger charge is 2.20. The van der Waals surface area contributed by atoms with Crippen molar-refractivity contribution in [3.05, 3.63) is 35.4 Å². The van der Waals surface area contributed by atoms with Crippen molar-refractivity contribution in [1.82, 2.24) is 0 Å². The third kappa shape index (κ3) is 4.67. The van der Waals surface area contributed by atoms with E-state index in [1.807, 2.05) is 12.1 Å². The first-order valence-corrected chi connectivity index (χ1v) is 7.62.